The van der Waals surface area contributed by atoms with E-state index in [-0.39, 0.29) is 5.56 Å². The summed E-state index contributed by atoms with van der Waals surface area (Å²) in [6, 6.07) is 17.8. The van der Waals surface area contributed by atoms with Gasteiger partial charge < -0.3 is 0 Å². The van der Waals surface area contributed by atoms with E-state index in [9.17, 15) is 4.79 Å². The van der Waals surface area contributed by atoms with Crippen LogP contribution in [0.15, 0.2) is 64.4 Å². The molecule has 0 bridgehead atoms. The number of nitrogens with one attached hydrogen (secondary N) is 1. The monoisotopic (exact) mass is 347 g/mol. The van der Waals surface area contributed by atoms with E-state index in [1.807, 2.05) is 49.4 Å². The summed E-state index contributed by atoms with van der Waals surface area (Å²) in [6.45, 7) is 6.15. The van der Waals surface area contributed by atoms with E-state index in [2.05, 4.69) is 31.1 Å². The number of H-pyrrole nitrogens is 1. The second-order valence-corrected chi connectivity index (χ2v) is 6.41. The van der Waals surface area contributed by atoms with E-state index in [0.717, 1.165) is 42.0 Å². The van der Waals surface area contributed by atoms with Crippen molar-refractivity contribution in [3.8, 4) is 5.69 Å². The summed E-state index contributed by atoms with van der Waals surface area (Å²) in [5, 5.41) is 3.28. The lowest BCUT2D eigenvalue weighted by molar-refractivity contribution is 0.793. The fourth-order valence-corrected chi connectivity index (χ4v) is 3.10. The maximum atomic E-state index is 13.0. The summed E-state index contributed by atoms with van der Waals surface area (Å²) >= 11 is 0. The van der Waals surface area contributed by atoms with Crippen molar-refractivity contribution in [2.24, 2.45) is 4.99 Å². The molecule has 4 nitrogen and oxygen atoms in total. The molecular weight excluding hydrogens is 322 g/mol. The van der Waals surface area contributed by atoms with Crippen molar-refractivity contribution in [3.05, 3.63) is 81.8 Å². The van der Waals surface area contributed by atoms with Crippen molar-refractivity contribution in [2.75, 3.05) is 0 Å². The molecule has 0 unspecified atom stereocenters. The van der Waals surface area contributed by atoms with Gasteiger partial charge in [0.1, 0.15) is 0 Å². The van der Waals surface area contributed by atoms with Crippen LogP contribution in [0, 0.1) is 0 Å². The Balaban J connectivity index is 2.06. The van der Waals surface area contributed by atoms with Gasteiger partial charge in [-0.1, -0.05) is 50.6 Å². The fraction of sp³-hybridized carbons (Fsp3) is 0.273. The van der Waals surface area contributed by atoms with Crippen molar-refractivity contribution in [1.82, 2.24) is 9.78 Å². The summed E-state index contributed by atoms with van der Waals surface area (Å²) < 4.78 is 1.61. The molecule has 0 spiro atoms. The van der Waals surface area contributed by atoms with Crippen LogP contribution >= 0.6 is 0 Å². The molecule has 0 saturated carbocycles. The summed E-state index contributed by atoms with van der Waals surface area (Å²) in [4.78, 5) is 17.7. The molecule has 2 aromatic carbocycles. The summed E-state index contributed by atoms with van der Waals surface area (Å²) in [5.74, 6) is 0. The summed E-state index contributed by atoms with van der Waals surface area (Å²) in [6.07, 6.45) is 2.77. The highest BCUT2D eigenvalue weighted by Gasteiger charge is 2.17. The average Bonchev–Trinajstić information content (AvgIpc) is 2.99. The van der Waals surface area contributed by atoms with E-state index in [0.29, 0.717) is 5.56 Å². The van der Waals surface area contributed by atoms with E-state index in [4.69, 9.17) is 4.99 Å². The molecule has 0 aliphatic rings. The number of hydrogen-bond donors (Lipinski definition) is 1. The largest absolute Gasteiger partial charge is 0.294 e. The molecule has 0 amide bonds. The first kappa shape index (κ1) is 17.9. The molecule has 0 atom stereocenters. The molecule has 1 N–H and O–H groups in total. The Morgan fingerprint density at radius 1 is 1.04 bits per heavy atom. The van der Waals surface area contributed by atoms with Crippen molar-refractivity contribution in [2.45, 2.75) is 40.0 Å². The molecule has 0 radical (unpaired) electrons. The Bertz CT molecular complexity index is 947. The van der Waals surface area contributed by atoms with Gasteiger partial charge >= 0.3 is 0 Å². The number of aromatic nitrogens is 2. The van der Waals surface area contributed by atoms with Gasteiger partial charge in [0.25, 0.3) is 5.56 Å². The van der Waals surface area contributed by atoms with Crippen LogP contribution in [0.25, 0.3) is 5.69 Å². The first-order chi connectivity index (χ1) is 12.6. The van der Waals surface area contributed by atoms with E-state index in [1.54, 1.807) is 4.68 Å². The average molecular weight is 347 g/mol. The first-order valence-electron chi connectivity index (χ1n) is 9.18. The third-order valence-electron chi connectivity index (χ3n) is 4.48. The van der Waals surface area contributed by atoms with Gasteiger partial charge in [0, 0.05) is 5.69 Å². The van der Waals surface area contributed by atoms with E-state index >= 15 is 0 Å². The fourth-order valence-electron chi connectivity index (χ4n) is 3.10. The molecule has 1 heterocycles. The van der Waals surface area contributed by atoms with Gasteiger partial charge in [-0.05, 0) is 49.6 Å². The molecular formula is C22H25N3O. The lowest BCUT2D eigenvalue weighted by Gasteiger charge is -2.02. The van der Waals surface area contributed by atoms with Gasteiger partial charge in [-0.25, -0.2) is 4.68 Å². The standard InChI is InChI=1S/C22H25N3O/c1-4-9-20-21(16(3)23-18-14-12-17(5-2)13-15-18)22(26)25(24-20)19-10-7-6-8-11-19/h6-8,10-15,24H,4-5,9H2,1-3H3. The summed E-state index contributed by atoms with van der Waals surface area (Å²) in [5.41, 5.74) is 5.29. The van der Waals surface area contributed by atoms with E-state index in [1.165, 1.54) is 5.56 Å². The summed E-state index contributed by atoms with van der Waals surface area (Å²) in [7, 11) is 0. The number of benzene rings is 2. The molecule has 1 aromatic heterocycles. The Morgan fingerprint density at radius 3 is 2.35 bits per heavy atom. The van der Waals surface area contributed by atoms with Gasteiger partial charge in [0.05, 0.1) is 22.6 Å². The van der Waals surface area contributed by atoms with Gasteiger partial charge in [-0.3, -0.25) is 14.9 Å². The Kier molecular flexibility index (Phi) is 5.52. The molecule has 3 rings (SSSR count). The number of nitrogens with zero attached hydrogens (tertiary/aromatic N) is 2. The SMILES string of the molecule is CCCc1[nH]n(-c2ccccc2)c(=O)c1C(C)=Nc1ccc(CC)cc1. The van der Waals surface area contributed by atoms with Crippen LogP contribution in [-0.4, -0.2) is 15.5 Å². The van der Waals surface area contributed by atoms with Gasteiger partial charge in [-0.2, -0.15) is 0 Å². The number of rotatable bonds is 6. The highest BCUT2D eigenvalue weighted by atomic mass is 16.1. The number of aromatic amines is 1. The Morgan fingerprint density at radius 2 is 1.73 bits per heavy atom. The van der Waals surface area contributed by atoms with Crippen LogP contribution < -0.4 is 5.56 Å². The zero-order chi connectivity index (χ0) is 18.5. The maximum Gasteiger partial charge on any atom is 0.280 e. The molecule has 0 aliphatic heterocycles. The van der Waals surface area contributed by atoms with Crippen molar-refractivity contribution < 1.29 is 0 Å². The highest BCUT2D eigenvalue weighted by Crippen LogP contribution is 2.17. The van der Waals surface area contributed by atoms with Crippen molar-refractivity contribution in [1.29, 1.82) is 0 Å². The Labute approximate surface area is 154 Å². The second kappa shape index (κ2) is 8.00. The second-order valence-electron chi connectivity index (χ2n) is 6.41. The molecule has 4 heteroatoms. The van der Waals surface area contributed by atoms with Crippen LogP contribution in [-0.2, 0) is 12.8 Å². The third kappa shape index (κ3) is 3.69. The van der Waals surface area contributed by atoms with Crippen LogP contribution in [0.5, 0.6) is 0 Å². The molecule has 0 aliphatic carbocycles. The van der Waals surface area contributed by atoms with Crippen LogP contribution in [0.3, 0.4) is 0 Å². The zero-order valence-electron chi connectivity index (χ0n) is 15.6. The normalized spacial score (nSPS) is 11.7. The molecule has 0 saturated heterocycles. The predicted octanol–water partition coefficient (Wildman–Crippen LogP) is 4.82. The third-order valence-corrected chi connectivity index (χ3v) is 4.48. The highest BCUT2D eigenvalue weighted by molar-refractivity contribution is 6.01. The van der Waals surface area contributed by atoms with Crippen LogP contribution in [0.4, 0.5) is 5.69 Å². The number of para-hydroxylation sites is 1. The maximum absolute atomic E-state index is 13.0. The van der Waals surface area contributed by atoms with E-state index < -0.39 is 0 Å². The van der Waals surface area contributed by atoms with Crippen LogP contribution in [0.1, 0.15) is 44.0 Å². The first-order valence-corrected chi connectivity index (χ1v) is 9.18. The quantitative estimate of drug-likeness (QED) is 0.639. The minimum atomic E-state index is -0.0499. The Hall–Kier alpha value is -2.88. The van der Waals surface area contributed by atoms with Gasteiger partial charge in [0.2, 0.25) is 0 Å². The molecule has 134 valence electrons. The minimum Gasteiger partial charge on any atom is -0.294 e. The van der Waals surface area contributed by atoms with Gasteiger partial charge in [0.15, 0.2) is 0 Å². The minimum absolute atomic E-state index is 0.0499. The van der Waals surface area contributed by atoms with Crippen molar-refractivity contribution in [3.63, 3.8) is 0 Å². The molecule has 3 aromatic rings. The zero-order valence-corrected chi connectivity index (χ0v) is 15.6. The lowest BCUT2D eigenvalue weighted by atomic mass is 10.1. The lowest BCUT2D eigenvalue weighted by Crippen LogP contribution is -2.19. The number of aryl methyl sites for hydroxylation is 2. The van der Waals surface area contributed by atoms with Gasteiger partial charge in [-0.15, -0.1) is 0 Å². The topological polar surface area (TPSA) is 50.1 Å². The smallest absolute Gasteiger partial charge is 0.280 e. The molecule has 26 heavy (non-hydrogen) atoms. The van der Waals surface area contributed by atoms with Crippen LogP contribution in [0.2, 0.25) is 0 Å². The predicted molar refractivity (Wildman–Crippen MR) is 108 cm³/mol. The van der Waals surface area contributed by atoms with Crippen molar-refractivity contribution >= 4 is 11.4 Å². The molecule has 0 fully saturated rings. The number of aliphatic imine (C=N–C) groups is 1. The number of hydrogen-bond acceptors (Lipinski definition) is 2.